The highest BCUT2D eigenvalue weighted by Gasteiger charge is 2.30. The maximum atomic E-state index is 13.4. The van der Waals surface area contributed by atoms with E-state index in [2.05, 4.69) is 5.32 Å². The van der Waals surface area contributed by atoms with Gasteiger partial charge in [0.2, 0.25) is 21.8 Å². The highest BCUT2D eigenvalue weighted by atomic mass is 32.2. The number of sulfonamides is 1. The van der Waals surface area contributed by atoms with Gasteiger partial charge in [0.1, 0.15) is 18.3 Å². The van der Waals surface area contributed by atoms with Crippen molar-refractivity contribution in [3.05, 3.63) is 59.7 Å². The van der Waals surface area contributed by atoms with Gasteiger partial charge in [-0.25, -0.2) is 8.42 Å². The van der Waals surface area contributed by atoms with Crippen molar-refractivity contribution in [3.8, 4) is 5.75 Å². The molecule has 0 bridgehead atoms. The van der Waals surface area contributed by atoms with Crippen molar-refractivity contribution in [2.45, 2.75) is 33.4 Å². The maximum absolute atomic E-state index is 13.4. The molecule has 1 N–H and O–H groups in total. The van der Waals surface area contributed by atoms with Crippen LogP contribution in [0.2, 0.25) is 0 Å². The fraction of sp³-hybridized carbons (Fsp3) is 0.391. The first-order valence-corrected chi connectivity index (χ1v) is 12.2. The molecule has 2 rings (SSSR count). The van der Waals surface area contributed by atoms with E-state index in [9.17, 15) is 18.0 Å². The van der Waals surface area contributed by atoms with Crippen molar-refractivity contribution < 1.29 is 22.7 Å². The van der Waals surface area contributed by atoms with Gasteiger partial charge in [0.05, 0.1) is 19.1 Å². The summed E-state index contributed by atoms with van der Waals surface area (Å²) >= 11 is 0. The molecule has 0 saturated carbocycles. The van der Waals surface area contributed by atoms with E-state index in [4.69, 9.17) is 4.74 Å². The van der Waals surface area contributed by atoms with Gasteiger partial charge in [0.25, 0.3) is 0 Å². The van der Waals surface area contributed by atoms with E-state index < -0.39 is 28.5 Å². The Balaban J connectivity index is 2.38. The fourth-order valence-electron chi connectivity index (χ4n) is 3.17. The van der Waals surface area contributed by atoms with Gasteiger partial charge >= 0.3 is 0 Å². The van der Waals surface area contributed by atoms with Gasteiger partial charge < -0.3 is 15.0 Å². The van der Waals surface area contributed by atoms with E-state index in [1.165, 1.54) is 12.0 Å². The van der Waals surface area contributed by atoms with Crippen LogP contribution in [0.25, 0.3) is 0 Å². The van der Waals surface area contributed by atoms with Crippen LogP contribution in [0, 0.1) is 6.92 Å². The van der Waals surface area contributed by atoms with Crippen molar-refractivity contribution in [3.63, 3.8) is 0 Å². The van der Waals surface area contributed by atoms with E-state index in [0.29, 0.717) is 18.0 Å². The third-order valence-electron chi connectivity index (χ3n) is 5.01. The van der Waals surface area contributed by atoms with Crippen LogP contribution in [-0.4, -0.2) is 57.6 Å². The molecular weight excluding hydrogens is 430 g/mol. The number of nitrogens with zero attached hydrogens (tertiary/aromatic N) is 2. The number of anilines is 1. The molecule has 2 aromatic carbocycles. The molecule has 32 heavy (non-hydrogen) atoms. The quantitative estimate of drug-likeness (QED) is 0.586. The SMILES string of the molecule is CCNC(=O)[C@H](C)N(Cc1ccc(C)cc1)C(=O)CN(c1cccc(OC)c1)S(C)(=O)=O. The third kappa shape index (κ3) is 6.71. The van der Waals surface area contributed by atoms with Crippen molar-refractivity contribution in [1.82, 2.24) is 10.2 Å². The molecule has 174 valence electrons. The Kier molecular flexibility index (Phi) is 8.65. The largest absolute Gasteiger partial charge is 0.497 e. The van der Waals surface area contributed by atoms with Crippen molar-refractivity contribution in [1.29, 1.82) is 0 Å². The predicted molar refractivity (Wildman–Crippen MR) is 125 cm³/mol. The summed E-state index contributed by atoms with van der Waals surface area (Å²) in [5, 5.41) is 2.72. The van der Waals surface area contributed by atoms with E-state index in [1.54, 1.807) is 38.1 Å². The molecule has 0 heterocycles. The van der Waals surface area contributed by atoms with Crippen LogP contribution in [0.5, 0.6) is 5.75 Å². The number of nitrogens with one attached hydrogen (secondary N) is 1. The number of hydrogen-bond acceptors (Lipinski definition) is 5. The molecule has 0 fully saturated rings. The van der Waals surface area contributed by atoms with Crippen LogP contribution in [0.15, 0.2) is 48.5 Å². The van der Waals surface area contributed by atoms with Gasteiger partial charge in [-0.2, -0.15) is 0 Å². The minimum absolute atomic E-state index is 0.174. The van der Waals surface area contributed by atoms with Crippen LogP contribution < -0.4 is 14.4 Å². The summed E-state index contributed by atoms with van der Waals surface area (Å²) in [6, 6.07) is 13.3. The molecule has 0 aromatic heterocycles. The number of carbonyl (C=O) groups excluding carboxylic acids is 2. The highest BCUT2D eigenvalue weighted by Crippen LogP contribution is 2.23. The van der Waals surface area contributed by atoms with Gasteiger partial charge in [0, 0.05) is 19.2 Å². The molecule has 0 aliphatic heterocycles. The average Bonchev–Trinajstić information content (AvgIpc) is 2.75. The number of hydrogen-bond donors (Lipinski definition) is 1. The Hall–Kier alpha value is -3.07. The Morgan fingerprint density at radius 3 is 2.34 bits per heavy atom. The Morgan fingerprint density at radius 2 is 1.78 bits per heavy atom. The summed E-state index contributed by atoms with van der Waals surface area (Å²) < 4.78 is 31.3. The number of ether oxygens (including phenoxy) is 1. The molecule has 0 aliphatic rings. The van der Waals surface area contributed by atoms with Crippen LogP contribution in [0.3, 0.4) is 0 Å². The zero-order valence-corrected chi connectivity index (χ0v) is 20.0. The number of amides is 2. The Morgan fingerprint density at radius 1 is 1.12 bits per heavy atom. The molecular formula is C23H31N3O5S. The van der Waals surface area contributed by atoms with Crippen LogP contribution in [0.4, 0.5) is 5.69 Å². The first kappa shape index (κ1) is 25.2. The van der Waals surface area contributed by atoms with Crippen molar-refractivity contribution in [2.75, 3.05) is 30.8 Å². The molecule has 1 atom stereocenters. The second-order valence-electron chi connectivity index (χ2n) is 7.55. The number of aryl methyl sites for hydroxylation is 1. The third-order valence-corrected chi connectivity index (χ3v) is 6.15. The van der Waals surface area contributed by atoms with E-state index in [0.717, 1.165) is 21.7 Å². The topological polar surface area (TPSA) is 96.0 Å². The van der Waals surface area contributed by atoms with E-state index in [-0.39, 0.29) is 12.5 Å². The zero-order chi connectivity index (χ0) is 23.9. The lowest BCUT2D eigenvalue weighted by Crippen LogP contribution is -2.51. The summed E-state index contributed by atoms with van der Waals surface area (Å²) in [4.78, 5) is 27.3. The van der Waals surface area contributed by atoms with Crippen LogP contribution in [0.1, 0.15) is 25.0 Å². The van der Waals surface area contributed by atoms with Crippen molar-refractivity contribution in [2.24, 2.45) is 0 Å². The molecule has 0 saturated heterocycles. The van der Waals surface area contributed by atoms with Gasteiger partial charge in [-0.3, -0.25) is 13.9 Å². The smallest absolute Gasteiger partial charge is 0.244 e. The standard InChI is InChI=1S/C23H31N3O5S/c1-6-24-23(28)18(3)25(15-19-12-10-17(2)11-13-19)22(27)16-26(32(5,29)30)20-8-7-9-21(14-20)31-4/h7-14,18H,6,15-16H2,1-5H3,(H,24,28)/t18-/m0/s1. The Labute approximate surface area is 190 Å². The minimum Gasteiger partial charge on any atom is -0.497 e. The second-order valence-corrected chi connectivity index (χ2v) is 9.46. The second kappa shape index (κ2) is 11.0. The lowest BCUT2D eigenvalue weighted by Gasteiger charge is -2.31. The minimum atomic E-state index is -3.78. The summed E-state index contributed by atoms with van der Waals surface area (Å²) in [5.41, 5.74) is 2.22. The number of carbonyl (C=O) groups is 2. The molecule has 0 spiro atoms. The summed E-state index contributed by atoms with van der Waals surface area (Å²) in [5.74, 6) is -0.325. The zero-order valence-electron chi connectivity index (χ0n) is 19.2. The molecule has 0 unspecified atom stereocenters. The first-order valence-electron chi connectivity index (χ1n) is 10.3. The Bertz CT molecular complexity index is 1040. The van der Waals surface area contributed by atoms with Gasteiger partial charge in [-0.1, -0.05) is 35.9 Å². The first-order chi connectivity index (χ1) is 15.1. The molecule has 2 amide bonds. The normalized spacial score (nSPS) is 12.0. The van der Waals surface area contributed by atoms with E-state index >= 15 is 0 Å². The fourth-order valence-corrected chi connectivity index (χ4v) is 4.02. The van der Waals surface area contributed by atoms with Crippen LogP contribution >= 0.6 is 0 Å². The van der Waals surface area contributed by atoms with Crippen LogP contribution in [-0.2, 0) is 26.2 Å². The number of rotatable bonds is 10. The lowest BCUT2D eigenvalue weighted by molar-refractivity contribution is -0.139. The highest BCUT2D eigenvalue weighted by molar-refractivity contribution is 7.92. The lowest BCUT2D eigenvalue weighted by atomic mass is 10.1. The number of methoxy groups -OCH3 is 1. The van der Waals surface area contributed by atoms with E-state index in [1.807, 2.05) is 31.2 Å². The summed E-state index contributed by atoms with van der Waals surface area (Å²) in [6.45, 7) is 5.55. The number of benzene rings is 2. The molecule has 8 nitrogen and oxygen atoms in total. The van der Waals surface area contributed by atoms with Crippen molar-refractivity contribution >= 4 is 27.5 Å². The van der Waals surface area contributed by atoms with Gasteiger partial charge in [0.15, 0.2) is 0 Å². The molecule has 2 aromatic rings. The number of likely N-dealkylation sites (N-methyl/N-ethyl adjacent to an activating group) is 1. The summed E-state index contributed by atoms with van der Waals surface area (Å²) in [6.07, 6.45) is 1.04. The monoisotopic (exact) mass is 461 g/mol. The maximum Gasteiger partial charge on any atom is 0.244 e. The molecule has 9 heteroatoms. The average molecular weight is 462 g/mol. The van der Waals surface area contributed by atoms with Gasteiger partial charge in [-0.05, 0) is 38.5 Å². The van der Waals surface area contributed by atoms with Gasteiger partial charge in [-0.15, -0.1) is 0 Å². The molecule has 0 aliphatic carbocycles. The molecule has 0 radical (unpaired) electrons. The predicted octanol–water partition coefficient (Wildman–Crippen LogP) is 2.32. The summed E-state index contributed by atoms with van der Waals surface area (Å²) in [7, 11) is -2.30.